The molecule has 0 bridgehead atoms. The number of nitrogens with zero attached hydrogens (tertiary/aromatic N) is 1. The van der Waals surface area contributed by atoms with Gasteiger partial charge >= 0.3 is 0 Å². The van der Waals surface area contributed by atoms with Gasteiger partial charge < -0.3 is 15.2 Å². The summed E-state index contributed by atoms with van der Waals surface area (Å²) in [5.41, 5.74) is 3.89. The lowest BCUT2D eigenvalue weighted by molar-refractivity contribution is 0.404. The molecule has 100 valence electrons. The average molecular weight is 266 g/mol. The number of aromatic amines is 1. The van der Waals surface area contributed by atoms with Crippen molar-refractivity contribution in [3.8, 4) is 34.1 Å². The van der Waals surface area contributed by atoms with Crippen LogP contribution in [-0.4, -0.2) is 20.2 Å². The molecule has 0 radical (unpaired) electrons. The van der Waals surface area contributed by atoms with E-state index < -0.39 is 0 Å². The highest BCUT2D eigenvalue weighted by atomic mass is 16.3. The predicted octanol–water partition coefficient (Wildman–Crippen LogP) is 3.46. The standard InChI is InChI=1S/C16H14N2O2/c1-10-2-4-11(5-3-10)13-9-17-16(18-13)12-6-7-14(19)15(20)8-12/h2-9,19-20H,1H3,(H,17,18). The Kier molecular flexibility index (Phi) is 2.91. The molecule has 1 aromatic heterocycles. The molecular weight excluding hydrogens is 252 g/mol. The Morgan fingerprint density at radius 2 is 1.60 bits per heavy atom. The van der Waals surface area contributed by atoms with E-state index in [1.54, 1.807) is 12.3 Å². The maximum Gasteiger partial charge on any atom is 0.158 e. The van der Waals surface area contributed by atoms with E-state index in [1.807, 2.05) is 31.2 Å². The van der Waals surface area contributed by atoms with Gasteiger partial charge in [-0.25, -0.2) is 4.98 Å². The van der Waals surface area contributed by atoms with E-state index in [-0.39, 0.29) is 11.5 Å². The lowest BCUT2D eigenvalue weighted by atomic mass is 10.1. The predicted molar refractivity (Wildman–Crippen MR) is 77.5 cm³/mol. The zero-order valence-electron chi connectivity index (χ0n) is 11.0. The number of nitrogens with one attached hydrogen (secondary N) is 1. The van der Waals surface area contributed by atoms with Gasteiger partial charge in [-0.05, 0) is 30.7 Å². The van der Waals surface area contributed by atoms with Crippen LogP contribution in [0.1, 0.15) is 5.56 Å². The number of aromatic hydroxyl groups is 2. The molecular formula is C16H14N2O2. The molecule has 20 heavy (non-hydrogen) atoms. The third-order valence-corrected chi connectivity index (χ3v) is 3.19. The van der Waals surface area contributed by atoms with E-state index in [4.69, 9.17) is 0 Å². The van der Waals surface area contributed by atoms with Crippen LogP contribution in [0.2, 0.25) is 0 Å². The van der Waals surface area contributed by atoms with Crippen molar-refractivity contribution < 1.29 is 10.2 Å². The van der Waals surface area contributed by atoms with Crippen LogP contribution in [0.3, 0.4) is 0 Å². The fraction of sp³-hybridized carbons (Fsp3) is 0.0625. The SMILES string of the molecule is Cc1ccc(-c2cnc(-c3ccc(O)c(O)c3)[nH]2)cc1. The van der Waals surface area contributed by atoms with Crippen LogP contribution in [-0.2, 0) is 0 Å². The highest BCUT2D eigenvalue weighted by Crippen LogP contribution is 2.30. The average Bonchev–Trinajstić information content (AvgIpc) is 2.92. The third kappa shape index (κ3) is 2.23. The summed E-state index contributed by atoms with van der Waals surface area (Å²) in [6.07, 6.45) is 1.75. The molecule has 4 nitrogen and oxygen atoms in total. The number of rotatable bonds is 2. The highest BCUT2D eigenvalue weighted by Gasteiger charge is 2.07. The largest absolute Gasteiger partial charge is 0.504 e. The number of aryl methyl sites for hydroxylation is 1. The minimum Gasteiger partial charge on any atom is -0.504 e. The van der Waals surface area contributed by atoms with E-state index in [9.17, 15) is 10.2 Å². The van der Waals surface area contributed by atoms with Crippen molar-refractivity contribution in [1.82, 2.24) is 9.97 Å². The van der Waals surface area contributed by atoms with Crippen molar-refractivity contribution in [3.05, 3.63) is 54.2 Å². The second-order valence-electron chi connectivity index (χ2n) is 4.71. The number of phenols is 2. The van der Waals surface area contributed by atoms with Crippen LogP contribution >= 0.6 is 0 Å². The summed E-state index contributed by atoms with van der Waals surface area (Å²) in [4.78, 5) is 7.52. The van der Waals surface area contributed by atoms with Crippen molar-refractivity contribution in [2.45, 2.75) is 6.92 Å². The molecule has 0 aliphatic rings. The normalized spacial score (nSPS) is 10.7. The van der Waals surface area contributed by atoms with Crippen LogP contribution in [0.5, 0.6) is 11.5 Å². The van der Waals surface area contributed by atoms with E-state index in [1.165, 1.54) is 17.7 Å². The van der Waals surface area contributed by atoms with Crippen molar-refractivity contribution in [2.24, 2.45) is 0 Å². The maximum atomic E-state index is 9.52. The summed E-state index contributed by atoms with van der Waals surface area (Å²) in [6, 6.07) is 12.8. The molecule has 0 atom stereocenters. The maximum absolute atomic E-state index is 9.52. The summed E-state index contributed by atoms with van der Waals surface area (Å²) < 4.78 is 0. The lowest BCUT2D eigenvalue weighted by Crippen LogP contribution is -1.82. The Labute approximate surface area is 116 Å². The number of hydrogen-bond donors (Lipinski definition) is 3. The lowest BCUT2D eigenvalue weighted by Gasteiger charge is -2.01. The number of phenolic OH excluding ortho intramolecular Hbond substituents is 2. The van der Waals surface area contributed by atoms with Gasteiger partial charge in [0.1, 0.15) is 5.82 Å². The molecule has 3 aromatic rings. The number of aromatic nitrogens is 2. The molecule has 0 amide bonds. The summed E-state index contributed by atoms with van der Waals surface area (Å²) in [6.45, 7) is 2.04. The molecule has 1 heterocycles. The Balaban J connectivity index is 1.97. The van der Waals surface area contributed by atoms with Crippen LogP contribution < -0.4 is 0 Å². The van der Waals surface area contributed by atoms with E-state index in [0.29, 0.717) is 5.82 Å². The Morgan fingerprint density at radius 1 is 0.900 bits per heavy atom. The Morgan fingerprint density at radius 3 is 2.30 bits per heavy atom. The summed E-state index contributed by atoms with van der Waals surface area (Å²) in [5.74, 6) is 0.353. The summed E-state index contributed by atoms with van der Waals surface area (Å²) >= 11 is 0. The minimum absolute atomic E-state index is 0.140. The number of hydrogen-bond acceptors (Lipinski definition) is 3. The first kappa shape index (κ1) is 12.3. The van der Waals surface area contributed by atoms with Gasteiger partial charge in [0.25, 0.3) is 0 Å². The van der Waals surface area contributed by atoms with Crippen molar-refractivity contribution >= 4 is 0 Å². The number of benzene rings is 2. The van der Waals surface area contributed by atoms with Gasteiger partial charge in [-0.1, -0.05) is 29.8 Å². The van der Waals surface area contributed by atoms with E-state index in [2.05, 4.69) is 9.97 Å². The Hall–Kier alpha value is -2.75. The minimum atomic E-state index is -0.157. The van der Waals surface area contributed by atoms with Crippen LogP contribution in [0.15, 0.2) is 48.7 Å². The van der Waals surface area contributed by atoms with E-state index >= 15 is 0 Å². The topological polar surface area (TPSA) is 69.1 Å². The fourth-order valence-corrected chi connectivity index (χ4v) is 2.02. The van der Waals surface area contributed by atoms with Gasteiger partial charge in [0.15, 0.2) is 11.5 Å². The van der Waals surface area contributed by atoms with Crippen molar-refractivity contribution in [2.75, 3.05) is 0 Å². The van der Waals surface area contributed by atoms with Gasteiger partial charge in [-0.2, -0.15) is 0 Å². The molecule has 3 N–H and O–H groups in total. The molecule has 4 heteroatoms. The summed E-state index contributed by atoms with van der Waals surface area (Å²) in [5, 5.41) is 18.8. The molecule has 0 saturated carbocycles. The number of imidazole rings is 1. The first-order valence-corrected chi connectivity index (χ1v) is 6.28. The fourth-order valence-electron chi connectivity index (χ4n) is 2.02. The molecule has 0 aliphatic carbocycles. The molecule has 0 aliphatic heterocycles. The zero-order valence-corrected chi connectivity index (χ0v) is 11.0. The molecule has 2 aromatic carbocycles. The number of H-pyrrole nitrogens is 1. The van der Waals surface area contributed by atoms with Crippen LogP contribution in [0.25, 0.3) is 22.6 Å². The molecule has 0 unspecified atom stereocenters. The first-order valence-electron chi connectivity index (χ1n) is 6.28. The van der Waals surface area contributed by atoms with Gasteiger partial charge in [-0.15, -0.1) is 0 Å². The zero-order chi connectivity index (χ0) is 14.1. The van der Waals surface area contributed by atoms with Crippen LogP contribution in [0.4, 0.5) is 0 Å². The monoisotopic (exact) mass is 266 g/mol. The van der Waals surface area contributed by atoms with Gasteiger partial charge in [0.05, 0.1) is 11.9 Å². The van der Waals surface area contributed by atoms with Crippen LogP contribution in [0, 0.1) is 6.92 Å². The molecule has 3 rings (SSSR count). The van der Waals surface area contributed by atoms with Gasteiger partial charge in [-0.3, -0.25) is 0 Å². The van der Waals surface area contributed by atoms with Crippen molar-refractivity contribution in [1.29, 1.82) is 0 Å². The quantitative estimate of drug-likeness (QED) is 0.622. The van der Waals surface area contributed by atoms with E-state index in [0.717, 1.165) is 16.8 Å². The second kappa shape index (κ2) is 4.74. The molecule has 0 saturated heterocycles. The second-order valence-corrected chi connectivity index (χ2v) is 4.71. The molecule has 0 spiro atoms. The smallest absolute Gasteiger partial charge is 0.158 e. The highest BCUT2D eigenvalue weighted by molar-refractivity contribution is 5.66. The first-order chi connectivity index (χ1) is 9.63. The van der Waals surface area contributed by atoms with Gasteiger partial charge in [0.2, 0.25) is 0 Å². The van der Waals surface area contributed by atoms with Gasteiger partial charge in [0, 0.05) is 5.56 Å². The Bertz CT molecular complexity index is 745. The van der Waals surface area contributed by atoms with Crippen molar-refractivity contribution in [3.63, 3.8) is 0 Å². The molecule has 0 fully saturated rings. The third-order valence-electron chi connectivity index (χ3n) is 3.19. The summed E-state index contributed by atoms with van der Waals surface area (Å²) in [7, 11) is 0.